The normalized spacial score (nSPS) is 10.5. The Balaban J connectivity index is 3.17. The topological polar surface area (TPSA) is 58.4 Å². The summed E-state index contributed by atoms with van der Waals surface area (Å²) in [6.07, 6.45) is 0. The van der Waals surface area contributed by atoms with Crippen molar-refractivity contribution in [1.82, 2.24) is 5.32 Å². The molecule has 0 atom stereocenters. The fourth-order valence-corrected chi connectivity index (χ4v) is 1.98. The smallest absolute Gasteiger partial charge is 0.253 e. The molecule has 0 heterocycles. The average Bonchev–Trinajstić information content (AvgIpc) is 2.34. The number of carbonyl (C=O) groups excluding carboxylic acids is 1. The van der Waals surface area contributed by atoms with E-state index in [9.17, 15) is 4.79 Å². The monoisotopic (exact) mass is 249 g/mol. The molecule has 0 aromatic heterocycles. The Kier molecular flexibility index (Phi) is 5.01. The molecule has 0 spiro atoms. The Morgan fingerprint density at radius 3 is 2.61 bits per heavy atom. The zero-order valence-electron chi connectivity index (χ0n) is 11.7. The maximum absolute atomic E-state index is 11.9. The second kappa shape index (κ2) is 6.28. The van der Waals surface area contributed by atoms with Gasteiger partial charge in [0.1, 0.15) is 0 Å². The highest BCUT2D eigenvalue weighted by Crippen LogP contribution is 2.24. The number of hydrogen-bond donors (Lipinski definition) is 2. The molecule has 0 saturated carbocycles. The van der Waals surface area contributed by atoms with E-state index in [1.165, 1.54) is 0 Å². The van der Waals surface area contributed by atoms with Crippen LogP contribution in [0.5, 0.6) is 0 Å². The number of rotatable bonds is 5. The van der Waals surface area contributed by atoms with Crippen LogP contribution in [0.3, 0.4) is 0 Å². The van der Waals surface area contributed by atoms with Crippen molar-refractivity contribution in [3.05, 3.63) is 23.8 Å². The minimum absolute atomic E-state index is 0.0767. The van der Waals surface area contributed by atoms with Crippen LogP contribution < -0.4 is 16.0 Å². The van der Waals surface area contributed by atoms with E-state index < -0.39 is 0 Å². The van der Waals surface area contributed by atoms with Gasteiger partial charge in [-0.15, -0.1) is 0 Å². The van der Waals surface area contributed by atoms with Crippen LogP contribution in [0.25, 0.3) is 0 Å². The van der Waals surface area contributed by atoms with Gasteiger partial charge < -0.3 is 16.0 Å². The molecule has 0 radical (unpaired) electrons. The molecule has 0 aliphatic rings. The quantitative estimate of drug-likeness (QED) is 0.786. The second-order valence-corrected chi connectivity index (χ2v) is 4.79. The minimum Gasteiger partial charge on any atom is -0.399 e. The van der Waals surface area contributed by atoms with E-state index >= 15 is 0 Å². The third kappa shape index (κ3) is 3.39. The molecule has 1 rings (SSSR count). The highest BCUT2D eigenvalue weighted by atomic mass is 16.1. The van der Waals surface area contributed by atoms with Crippen molar-refractivity contribution >= 4 is 17.3 Å². The van der Waals surface area contributed by atoms with Gasteiger partial charge in [-0.25, -0.2) is 0 Å². The largest absolute Gasteiger partial charge is 0.399 e. The van der Waals surface area contributed by atoms with Gasteiger partial charge in [0, 0.05) is 25.8 Å². The summed E-state index contributed by atoms with van der Waals surface area (Å²) in [7, 11) is 1.64. The number of nitrogens with one attached hydrogen (secondary N) is 1. The third-order valence-electron chi connectivity index (χ3n) is 2.80. The average molecular weight is 249 g/mol. The Morgan fingerprint density at radius 1 is 1.44 bits per heavy atom. The summed E-state index contributed by atoms with van der Waals surface area (Å²) in [6, 6.07) is 5.42. The van der Waals surface area contributed by atoms with E-state index in [1.807, 2.05) is 6.07 Å². The fraction of sp³-hybridized carbons (Fsp3) is 0.500. The van der Waals surface area contributed by atoms with Gasteiger partial charge in [-0.3, -0.25) is 4.79 Å². The van der Waals surface area contributed by atoms with Crippen molar-refractivity contribution in [3.8, 4) is 0 Å². The van der Waals surface area contributed by atoms with Gasteiger partial charge >= 0.3 is 0 Å². The molecular weight excluding hydrogens is 226 g/mol. The number of carbonyl (C=O) groups is 1. The highest BCUT2D eigenvalue weighted by molar-refractivity contribution is 6.00. The van der Waals surface area contributed by atoms with Gasteiger partial charge in [-0.05, 0) is 31.0 Å². The van der Waals surface area contributed by atoms with Gasteiger partial charge in [-0.1, -0.05) is 13.8 Å². The fourth-order valence-electron chi connectivity index (χ4n) is 1.98. The first kappa shape index (κ1) is 14.4. The van der Waals surface area contributed by atoms with Crippen molar-refractivity contribution in [2.45, 2.75) is 20.8 Å². The number of nitrogens with zero attached hydrogens (tertiary/aromatic N) is 1. The van der Waals surface area contributed by atoms with E-state index in [2.05, 4.69) is 31.0 Å². The van der Waals surface area contributed by atoms with Crippen LogP contribution >= 0.6 is 0 Å². The summed E-state index contributed by atoms with van der Waals surface area (Å²) in [5.74, 6) is 0.455. The van der Waals surface area contributed by atoms with Gasteiger partial charge in [-0.2, -0.15) is 0 Å². The molecule has 0 aliphatic heterocycles. The molecule has 0 saturated heterocycles. The lowest BCUT2D eigenvalue weighted by molar-refractivity contribution is 0.0963. The van der Waals surface area contributed by atoms with Crippen molar-refractivity contribution in [3.63, 3.8) is 0 Å². The highest BCUT2D eigenvalue weighted by Gasteiger charge is 2.16. The van der Waals surface area contributed by atoms with Gasteiger partial charge in [0.05, 0.1) is 11.3 Å². The minimum atomic E-state index is -0.0767. The van der Waals surface area contributed by atoms with Crippen LogP contribution in [0.2, 0.25) is 0 Å². The van der Waals surface area contributed by atoms with Crippen LogP contribution in [0.15, 0.2) is 18.2 Å². The van der Waals surface area contributed by atoms with Gasteiger partial charge in [0.25, 0.3) is 5.91 Å². The molecule has 3 N–H and O–H groups in total. The maximum atomic E-state index is 11.9. The van der Waals surface area contributed by atoms with Crippen molar-refractivity contribution in [1.29, 1.82) is 0 Å². The Morgan fingerprint density at radius 2 is 2.11 bits per heavy atom. The van der Waals surface area contributed by atoms with Crippen molar-refractivity contribution in [2.24, 2.45) is 5.92 Å². The van der Waals surface area contributed by atoms with E-state index in [0.717, 1.165) is 18.8 Å². The van der Waals surface area contributed by atoms with Crippen LogP contribution in [-0.2, 0) is 0 Å². The number of nitrogens with two attached hydrogens (primary N) is 1. The first-order valence-electron chi connectivity index (χ1n) is 6.36. The van der Waals surface area contributed by atoms with E-state index in [0.29, 0.717) is 17.2 Å². The lowest BCUT2D eigenvalue weighted by atomic mass is 10.1. The number of anilines is 2. The molecule has 18 heavy (non-hydrogen) atoms. The second-order valence-electron chi connectivity index (χ2n) is 4.79. The third-order valence-corrected chi connectivity index (χ3v) is 2.80. The zero-order chi connectivity index (χ0) is 13.7. The SMILES string of the molecule is CCN(CC(C)C)c1cc(N)ccc1C(=O)NC. The van der Waals surface area contributed by atoms with E-state index in [1.54, 1.807) is 19.2 Å². The number of hydrogen-bond acceptors (Lipinski definition) is 3. The molecule has 0 bridgehead atoms. The summed E-state index contributed by atoms with van der Waals surface area (Å²) < 4.78 is 0. The summed E-state index contributed by atoms with van der Waals surface area (Å²) >= 11 is 0. The van der Waals surface area contributed by atoms with Crippen molar-refractivity contribution < 1.29 is 4.79 Å². The first-order valence-corrected chi connectivity index (χ1v) is 6.36. The predicted octanol–water partition coefficient (Wildman–Crippen LogP) is 2.11. The molecule has 1 aromatic rings. The van der Waals surface area contributed by atoms with Gasteiger partial charge in [0.2, 0.25) is 0 Å². The molecule has 0 aliphatic carbocycles. The maximum Gasteiger partial charge on any atom is 0.253 e. The standard InChI is InChI=1S/C14H23N3O/c1-5-17(9-10(2)3)13-8-11(15)6-7-12(13)14(18)16-4/h6-8,10H,5,9,15H2,1-4H3,(H,16,18). The molecule has 4 heteroatoms. The van der Waals surface area contributed by atoms with Crippen LogP contribution in [0.4, 0.5) is 11.4 Å². The molecule has 1 aromatic carbocycles. The lowest BCUT2D eigenvalue weighted by Crippen LogP contribution is -2.30. The van der Waals surface area contributed by atoms with E-state index in [4.69, 9.17) is 5.73 Å². The van der Waals surface area contributed by atoms with Gasteiger partial charge in [0.15, 0.2) is 0 Å². The summed E-state index contributed by atoms with van der Waals surface area (Å²) in [5.41, 5.74) is 8.10. The number of benzene rings is 1. The zero-order valence-corrected chi connectivity index (χ0v) is 11.7. The molecule has 4 nitrogen and oxygen atoms in total. The number of nitrogen functional groups attached to an aromatic ring is 1. The lowest BCUT2D eigenvalue weighted by Gasteiger charge is -2.27. The molecule has 100 valence electrons. The first-order chi connectivity index (χ1) is 8.49. The van der Waals surface area contributed by atoms with Crippen LogP contribution in [0, 0.1) is 5.92 Å². The van der Waals surface area contributed by atoms with Crippen LogP contribution in [-0.4, -0.2) is 26.0 Å². The van der Waals surface area contributed by atoms with E-state index in [-0.39, 0.29) is 5.91 Å². The Bertz CT molecular complexity index is 416. The van der Waals surface area contributed by atoms with Crippen molar-refractivity contribution in [2.75, 3.05) is 30.8 Å². The Hall–Kier alpha value is -1.71. The summed E-state index contributed by atoms with van der Waals surface area (Å²) in [6.45, 7) is 8.16. The molecular formula is C14H23N3O. The molecule has 0 fully saturated rings. The molecule has 0 unspecified atom stereocenters. The molecule has 1 amide bonds. The Labute approximate surface area is 109 Å². The predicted molar refractivity (Wildman–Crippen MR) is 77.0 cm³/mol. The number of amides is 1. The summed E-state index contributed by atoms with van der Waals surface area (Å²) in [4.78, 5) is 14.1. The summed E-state index contributed by atoms with van der Waals surface area (Å²) in [5, 5.41) is 2.67. The van der Waals surface area contributed by atoms with Crippen LogP contribution in [0.1, 0.15) is 31.1 Å².